The molecule has 2 unspecified atom stereocenters. The number of benzene rings is 1. The molecule has 98 valence electrons. The van der Waals surface area contributed by atoms with Gasteiger partial charge in [0.2, 0.25) is 0 Å². The van der Waals surface area contributed by atoms with Crippen molar-refractivity contribution >= 4 is 66.8 Å². The second-order valence-corrected chi connectivity index (χ2v) is 6.80. The third-order valence-corrected chi connectivity index (χ3v) is 5.78. The fourth-order valence-electron chi connectivity index (χ4n) is 1.25. The molecule has 0 aliphatic rings. The zero-order valence-corrected chi connectivity index (χ0v) is 14.3. The lowest BCUT2D eigenvalue weighted by Gasteiger charge is -2.18. The highest BCUT2D eigenvalue weighted by Crippen LogP contribution is 2.30. The summed E-state index contributed by atoms with van der Waals surface area (Å²) in [6, 6.07) is 7.19. The van der Waals surface area contributed by atoms with Gasteiger partial charge in [-0.25, -0.2) is 0 Å². The Morgan fingerprint density at radius 2 is 1.89 bits per heavy atom. The SMILES string of the molecule is CC(=O)C(Sc1ccc(Cl)cc1)C(Br)C(=O)CBr. The summed E-state index contributed by atoms with van der Waals surface area (Å²) in [4.78, 5) is 23.7. The van der Waals surface area contributed by atoms with Crippen molar-refractivity contribution in [1.82, 2.24) is 0 Å². The van der Waals surface area contributed by atoms with Gasteiger partial charge in [-0.05, 0) is 31.2 Å². The van der Waals surface area contributed by atoms with Crippen LogP contribution in [0.3, 0.4) is 0 Å². The minimum atomic E-state index is -0.491. The fourth-order valence-corrected chi connectivity index (χ4v) is 4.04. The number of halogens is 3. The van der Waals surface area contributed by atoms with E-state index in [1.165, 1.54) is 18.7 Å². The molecule has 0 saturated heterocycles. The van der Waals surface area contributed by atoms with Gasteiger partial charge in [0.1, 0.15) is 5.78 Å². The van der Waals surface area contributed by atoms with Crippen molar-refractivity contribution in [3.8, 4) is 0 Å². The zero-order chi connectivity index (χ0) is 13.7. The number of carbonyl (C=O) groups is 2. The maximum Gasteiger partial charge on any atom is 0.158 e. The molecular formula is C12H11Br2ClO2S. The highest BCUT2D eigenvalue weighted by Gasteiger charge is 2.29. The first-order valence-electron chi connectivity index (χ1n) is 5.11. The number of ketones is 2. The first-order valence-corrected chi connectivity index (χ1v) is 8.40. The van der Waals surface area contributed by atoms with Crippen molar-refractivity contribution in [2.24, 2.45) is 0 Å². The Bertz CT molecular complexity index is 436. The maximum absolute atomic E-state index is 11.6. The Kier molecular flexibility index (Phi) is 6.92. The molecule has 0 heterocycles. The van der Waals surface area contributed by atoms with E-state index in [0.717, 1.165) is 4.90 Å². The molecule has 0 fully saturated rings. The number of rotatable bonds is 6. The van der Waals surface area contributed by atoms with Crippen LogP contribution >= 0.6 is 55.2 Å². The number of carbonyl (C=O) groups excluding carboxylic acids is 2. The molecule has 0 saturated carbocycles. The maximum atomic E-state index is 11.6. The van der Waals surface area contributed by atoms with E-state index in [1.807, 2.05) is 12.1 Å². The average Bonchev–Trinajstić information content (AvgIpc) is 2.36. The molecule has 0 aliphatic carbocycles. The lowest BCUT2D eigenvalue weighted by atomic mass is 10.2. The van der Waals surface area contributed by atoms with Crippen LogP contribution in [0.5, 0.6) is 0 Å². The normalized spacial score (nSPS) is 14.0. The van der Waals surface area contributed by atoms with E-state index in [-0.39, 0.29) is 16.9 Å². The van der Waals surface area contributed by atoms with Crippen LogP contribution < -0.4 is 0 Å². The molecule has 0 N–H and O–H groups in total. The number of thioether (sulfide) groups is 1. The van der Waals surface area contributed by atoms with Gasteiger partial charge in [0.05, 0.1) is 15.4 Å². The van der Waals surface area contributed by atoms with Crippen molar-refractivity contribution < 1.29 is 9.59 Å². The molecule has 18 heavy (non-hydrogen) atoms. The monoisotopic (exact) mass is 412 g/mol. The molecule has 1 aromatic carbocycles. The Morgan fingerprint density at radius 3 is 2.33 bits per heavy atom. The van der Waals surface area contributed by atoms with E-state index >= 15 is 0 Å². The van der Waals surface area contributed by atoms with Gasteiger partial charge in [-0.15, -0.1) is 11.8 Å². The largest absolute Gasteiger partial charge is 0.299 e. The van der Waals surface area contributed by atoms with Crippen LogP contribution in [0.4, 0.5) is 0 Å². The highest BCUT2D eigenvalue weighted by atomic mass is 79.9. The van der Waals surface area contributed by atoms with Gasteiger partial charge in [-0.3, -0.25) is 9.59 Å². The van der Waals surface area contributed by atoms with Crippen molar-refractivity contribution in [3.05, 3.63) is 29.3 Å². The van der Waals surface area contributed by atoms with E-state index in [0.29, 0.717) is 5.02 Å². The Morgan fingerprint density at radius 1 is 1.33 bits per heavy atom. The molecule has 0 bridgehead atoms. The Labute approximate surface area is 132 Å². The van der Waals surface area contributed by atoms with E-state index in [4.69, 9.17) is 11.6 Å². The summed E-state index contributed by atoms with van der Waals surface area (Å²) in [6.07, 6.45) is 0. The van der Waals surface area contributed by atoms with E-state index < -0.39 is 10.1 Å². The lowest BCUT2D eigenvalue weighted by molar-refractivity contribution is -0.120. The third-order valence-electron chi connectivity index (χ3n) is 2.18. The summed E-state index contributed by atoms with van der Waals surface area (Å²) in [5, 5.41) is 0.440. The topological polar surface area (TPSA) is 34.1 Å². The summed E-state index contributed by atoms with van der Waals surface area (Å²) in [6.45, 7) is 1.49. The summed E-state index contributed by atoms with van der Waals surface area (Å²) in [5.41, 5.74) is 0. The van der Waals surface area contributed by atoms with Gasteiger partial charge in [0.15, 0.2) is 5.78 Å². The molecular weight excluding hydrogens is 403 g/mol. The van der Waals surface area contributed by atoms with Crippen LogP contribution in [0.15, 0.2) is 29.2 Å². The van der Waals surface area contributed by atoms with Crippen molar-refractivity contribution in [3.63, 3.8) is 0 Å². The standard InChI is InChI=1S/C12H11Br2ClO2S/c1-7(16)12(11(14)10(17)6-13)18-9-4-2-8(15)3-5-9/h2-5,11-12H,6H2,1H3. The van der Waals surface area contributed by atoms with Gasteiger partial charge in [0.25, 0.3) is 0 Å². The molecule has 0 aliphatic heterocycles. The van der Waals surface area contributed by atoms with Gasteiger partial charge >= 0.3 is 0 Å². The average molecular weight is 415 g/mol. The van der Waals surface area contributed by atoms with Crippen LogP contribution in [0, 0.1) is 0 Å². The second kappa shape index (κ2) is 7.68. The lowest BCUT2D eigenvalue weighted by Crippen LogP contribution is -2.32. The molecule has 1 aromatic rings. The number of hydrogen-bond acceptors (Lipinski definition) is 3. The van der Waals surface area contributed by atoms with Crippen LogP contribution in [0.1, 0.15) is 6.92 Å². The molecule has 1 rings (SSSR count). The minimum absolute atomic E-state index is 0.0360. The molecule has 0 aromatic heterocycles. The van der Waals surface area contributed by atoms with E-state index in [1.54, 1.807) is 12.1 Å². The van der Waals surface area contributed by atoms with Crippen molar-refractivity contribution in [2.75, 3.05) is 5.33 Å². The van der Waals surface area contributed by atoms with Crippen LogP contribution in [0.2, 0.25) is 5.02 Å². The first kappa shape index (κ1) is 16.2. The Balaban J connectivity index is 2.84. The van der Waals surface area contributed by atoms with Gasteiger partial charge < -0.3 is 0 Å². The number of alkyl halides is 2. The molecule has 0 amide bonds. The Hall–Kier alpha value is 0.160. The predicted molar refractivity (Wildman–Crippen MR) is 83.3 cm³/mol. The fraction of sp³-hybridized carbons (Fsp3) is 0.333. The molecule has 0 spiro atoms. The van der Waals surface area contributed by atoms with Crippen LogP contribution in [-0.4, -0.2) is 27.0 Å². The molecule has 0 radical (unpaired) electrons. The summed E-state index contributed by atoms with van der Waals surface area (Å²) >= 11 is 13.6. The number of hydrogen-bond donors (Lipinski definition) is 0. The van der Waals surface area contributed by atoms with E-state index in [2.05, 4.69) is 31.9 Å². The first-order chi connectivity index (χ1) is 8.45. The summed E-state index contributed by atoms with van der Waals surface area (Å²) in [5.74, 6) is -0.0808. The quantitative estimate of drug-likeness (QED) is 0.519. The molecule has 2 nitrogen and oxygen atoms in total. The smallest absolute Gasteiger partial charge is 0.158 e. The van der Waals surface area contributed by atoms with Gasteiger partial charge in [-0.2, -0.15) is 0 Å². The van der Waals surface area contributed by atoms with Crippen LogP contribution in [-0.2, 0) is 9.59 Å². The van der Waals surface area contributed by atoms with Crippen LogP contribution in [0.25, 0.3) is 0 Å². The minimum Gasteiger partial charge on any atom is -0.299 e. The van der Waals surface area contributed by atoms with Crippen molar-refractivity contribution in [2.45, 2.75) is 21.9 Å². The highest BCUT2D eigenvalue weighted by molar-refractivity contribution is 9.10. The van der Waals surface area contributed by atoms with Crippen molar-refractivity contribution in [1.29, 1.82) is 0 Å². The zero-order valence-electron chi connectivity index (χ0n) is 9.53. The third kappa shape index (κ3) is 4.68. The predicted octanol–water partition coefficient (Wildman–Crippen LogP) is 4.12. The molecule has 6 heteroatoms. The summed E-state index contributed by atoms with van der Waals surface area (Å²) < 4.78 is 0. The second-order valence-electron chi connectivity index (χ2n) is 3.60. The molecule has 2 atom stereocenters. The van der Waals surface area contributed by atoms with E-state index in [9.17, 15) is 9.59 Å². The summed E-state index contributed by atoms with van der Waals surface area (Å²) in [7, 11) is 0. The van der Waals surface area contributed by atoms with Gasteiger partial charge in [-0.1, -0.05) is 43.5 Å². The van der Waals surface area contributed by atoms with Gasteiger partial charge in [0, 0.05) is 9.92 Å². The number of Topliss-reactive ketones (excluding diaryl/α,β-unsaturated/α-hetero) is 2.